The summed E-state index contributed by atoms with van der Waals surface area (Å²) in [6.45, 7) is 3.89. The van der Waals surface area contributed by atoms with Crippen LogP contribution in [-0.2, 0) is 11.2 Å². The number of benzene rings is 1. The molecule has 1 fully saturated rings. The number of piperidine rings is 1. The SMILES string of the molecule is Cc1cncc(C(=O)N2CCC(C(=O)N3CCCCc4cc(Cl)ccc43)CC2)c1. The number of pyridine rings is 1. The van der Waals surface area contributed by atoms with Crippen molar-refractivity contribution in [3.8, 4) is 0 Å². The van der Waals surface area contributed by atoms with E-state index in [2.05, 4.69) is 4.98 Å². The van der Waals surface area contributed by atoms with E-state index in [4.69, 9.17) is 11.6 Å². The molecular weight excluding hydrogens is 386 g/mol. The third-order valence-electron chi connectivity index (χ3n) is 5.93. The molecule has 0 spiro atoms. The van der Waals surface area contributed by atoms with Gasteiger partial charge in [0.25, 0.3) is 5.91 Å². The number of carbonyl (C=O) groups is 2. The van der Waals surface area contributed by atoms with Crippen molar-refractivity contribution in [1.29, 1.82) is 0 Å². The minimum atomic E-state index is -0.0451. The topological polar surface area (TPSA) is 53.5 Å². The molecule has 0 unspecified atom stereocenters. The smallest absolute Gasteiger partial charge is 0.255 e. The van der Waals surface area contributed by atoms with Gasteiger partial charge in [-0.25, -0.2) is 0 Å². The number of halogens is 1. The van der Waals surface area contributed by atoms with Crippen LogP contribution in [0.5, 0.6) is 0 Å². The normalized spacial score (nSPS) is 17.6. The Morgan fingerprint density at radius 2 is 1.86 bits per heavy atom. The minimum Gasteiger partial charge on any atom is -0.339 e. The van der Waals surface area contributed by atoms with Gasteiger partial charge in [0.15, 0.2) is 0 Å². The van der Waals surface area contributed by atoms with Gasteiger partial charge < -0.3 is 9.80 Å². The van der Waals surface area contributed by atoms with E-state index >= 15 is 0 Å². The molecule has 0 bridgehead atoms. The van der Waals surface area contributed by atoms with E-state index in [0.717, 1.165) is 47.6 Å². The zero-order chi connectivity index (χ0) is 20.4. The zero-order valence-corrected chi connectivity index (χ0v) is 17.5. The predicted molar refractivity (Wildman–Crippen MR) is 114 cm³/mol. The number of anilines is 1. The van der Waals surface area contributed by atoms with Crippen LogP contribution in [0.2, 0.25) is 5.02 Å². The van der Waals surface area contributed by atoms with Crippen LogP contribution >= 0.6 is 11.6 Å². The number of amides is 2. The fourth-order valence-corrected chi connectivity index (χ4v) is 4.55. The van der Waals surface area contributed by atoms with Gasteiger partial charge >= 0.3 is 0 Å². The maximum Gasteiger partial charge on any atom is 0.255 e. The lowest BCUT2D eigenvalue weighted by Gasteiger charge is -2.34. The van der Waals surface area contributed by atoms with Gasteiger partial charge in [0.1, 0.15) is 0 Å². The van der Waals surface area contributed by atoms with Crippen molar-refractivity contribution in [2.75, 3.05) is 24.5 Å². The van der Waals surface area contributed by atoms with E-state index in [1.54, 1.807) is 12.4 Å². The summed E-state index contributed by atoms with van der Waals surface area (Å²) in [6.07, 6.45) is 7.77. The quantitative estimate of drug-likeness (QED) is 0.741. The second-order valence-corrected chi connectivity index (χ2v) is 8.47. The Hall–Kier alpha value is -2.40. The van der Waals surface area contributed by atoms with E-state index in [9.17, 15) is 9.59 Å². The summed E-state index contributed by atoms with van der Waals surface area (Å²) >= 11 is 6.17. The lowest BCUT2D eigenvalue weighted by molar-refractivity contribution is -0.123. The van der Waals surface area contributed by atoms with Crippen LogP contribution in [0.25, 0.3) is 0 Å². The van der Waals surface area contributed by atoms with E-state index in [1.807, 2.05) is 41.0 Å². The van der Waals surface area contributed by atoms with Crippen LogP contribution in [0.4, 0.5) is 5.69 Å². The highest BCUT2D eigenvalue weighted by Gasteiger charge is 2.32. The van der Waals surface area contributed by atoms with Crippen LogP contribution in [0, 0.1) is 12.8 Å². The van der Waals surface area contributed by atoms with Gasteiger partial charge in [0.2, 0.25) is 5.91 Å². The molecule has 1 aromatic heterocycles. The van der Waals surface area contributed by atoms with Crippen molar-refractivity contribution in [1.82, 2.24) is 9.88 Å². The standard InChI is InChI=1S/C23H26ClN3O2/c1-16-12-19(15-25-14-16)22(28)26-10-7-17(8-11-26)23(29)27-9-3-2-4-18-13-20(24)5-6-21(18)27/h5-6,12-15,17H,2-4,7-11H2,1H3. The summed E-state index contributed by atoms with van der Waals surface area (Å²) in [6, 6.07) is 7.69. The molecule has 29 heavy (non-hydrogen) atoms. The van der Waals surface area contributed by atoms with Crippen LogP contribution in [0.1, 0.15) is 47.2 Å². The number of hydrogen-bond acceptors (Lipinski definition) is 3. The summed E-state index contributed by atoms with van der Waals surface area (Å²) in [4.78, 5) is 34.0. The maximum absolute atomic E-state index is 13.3. The van der Waals surface area contributed by atoms with Crippen LogP contribution in [0.3, 0.4) is 0 Å². The third-order valence-corrected chi connectivity index (χ3v) is 6.16. The molecule has 6 heteroatoms. The lowest BCUT2D eigenvalue weighted by atomic mass is 9.94. The molecule has 1 saturated heterocycles. The first-order valence-corrected chi connectivity index (χ1v) is 10.7. The highest BCUT2D eigenvalue weighted by Crippen LogP contribution is 2.32. The summed E-state index contributed by atoms with van der Waals surface area (Å²) in [5.74, 6) is 0.137. The number of hydrogen-bond donors (Lipinski definition) is 0. The van der Waals surface area contributed by atoms with E-state index < -0.39 is 0 Å². The summed E-state index contributed by atoms with van der Waals surface area (Å²) in [7, 11) is 0. The Balaban J connectivity index is 1.44. The van der Waals surface area contributed by atoms with Gasteiger partial charge in [0.05, 0.1) is 5.56 Å². The predicted octanol–water partition coefficient (Wildman–Crippen LogP) is 4.27. The number of nitrogens with zero attached hydrogens (tertiary/aromatic N) is 3. The van der Waals surface area contributed by atoms with Crippen LogP contribution in [0.15, 0.2) is 36.7 Å². The molecule has 5 nitrogen and oxygen atoms in total. The van der Waals surface area contributed by atoms with E-state index in [0.29, 0.717) is 31.5 Å². The first-order chi connectivity index (χ1) is 14.0. The first-order valence-electron chi connectivity index (χ1n) is 10.3. The molecule has 0 N–H and O–H groups in total. The monoisotopic (exact) mass is 411 g/mol. The molecule has 2 aromatic rings. The van der Waals surface area contributed by atoms with Crippen LogP contribution in [-0.4, -0.2) is 41.3 Å². The Labute approximate surface area is 176 Å². The van der Waals surface area contributed by atoms with Crippen LogP contribution < -0.4 is 4.90 Å². The molecule has 2 amide bonds. The Bertz CT molecular complexity index is 922. The number of aryl methyl sites for hydroxylation is 2. The maximum atomic E-state index is 13.3. The van der Waals surface area contributed by atoms with Gasteiger partial charge in [-0.15, -0.1) is 0 Å². The largest absolute Gasteiger partial charge is 0.339 e. The molecule has 0 atom stereocenters. The van der Waals surface area contributed by atoms with E-state index in [-0.39, 0.29) is 17.7 Å². The number of rotatable bonds is 2. The van der Waals surface area contributed by atoms with E-state index in [1.165, 1.54) is 0 Å². The second-order valence-electron chi connectivity index (χ2n) is 8.04. The van der Waals surface area contributed by atoms with Gasteiger partial charge in [-0.05, 0) is 74.4 Å². The highest BCUT2D eigenvalue weighted by molar-refractivity contribution is 6.30. The average Bonchev–Trinajstić information content (AvgIpc) is 2.94. The summed E-state index contributed by atoms with van der Waals surface area (Å²) < 4.78 is 0. The highest BCUT2D eigenvalue weighted by atomic mass is 35.5. The lowest BCUT2D eigenvalue weighted by Crippen LogP contribution is -2.44. The van der Waals surface area contributed by atoms with Crippen molar-refractivity contribution in [2.45, 2.75) is 39.0 Å². The molecule has 2 aliphatic heterocycles. The molecule has 4 rings (SSSR count). The minimum absolute atomic E-state index is 0.00172. The molecule has 2 aliphatic rings. The molecule has 3 heterocycles. The second kappa shape index (κ2) is 8.54. The van der Waals surface area contributed by atoms with Crippen molar-refractivity contribution >= 4 is 29.1 Å². The number of likely N-dealkylation sites (tertiary alicyclic amines) is 1. The number of carbonyl (C=O) groups excluding carboxylic acids is 2. The van der Waals surface area contributed by atoms with Crippen molar-refractivity contribution in [3.63, 3.8) is 0 Å². The molecule has 0 radical (unpaired) electrons. The summed E-state index contributed by atoms with van der Waals surface area (Å²) in [5, 5.41) is 0.718. The first kappa shape index (κ1) is 19.9. The Morgan fingerprint density at radius 3 is 2.62 bits per heavy atom. The molecule has 0 saturated carbocycles. The molecule has 0 aliphatic carbocycles. The van der Waals surface area contributed by atoms with Gasteiger partial charge in [-0.2, -0.15) is 0 Å². The van der Waals surface area contributed by atoms with Gasteiger partial charge in [-0.3, -0.25) is 14.6 Å². The molecule has 152 valence electrons. The third kappa shape index (κ3) is 4.30. The zero-order valence-electron chi connectivity index (χ0n) is 16.7. The Kier molecular flexibility index (Phi) is 5.86. The fourth-order valence-electron chi connectivity index (χ4n) is 4.36. The van der Waals surface area contributed by atoms with Crippen molar-refractivity contribution in [2.24, 2.45) is 5.92 Å². The number of aromatic nitrogens is 1. The molecule has 1 aromatic carbocycles. The fraction of sp³-hybridized carbons (Fsp3) is 0.435. The van der Waals surface area contributed by atoms with Crippen molar-refractivity contribution < 1.29 is 9.59 Å². The van der Waals surface area contributed by atoms with Gasteiger partial charge in [0, 0.05) is 48.7 Å². The summed E-state index contributed by atoms with van der Waals surface area (Å²) in [5.41, 5.74) is 3.75. The average molecular weight is 412 g/mol. The number of fused-ring (bicyclic) bond motifs is 1. The van der Waals surface area contributed by atoms with Crippen molar-refractivity contribution in [3.05, 3.63) is 58.4 Å². The Morgan fingerprint density at radius 1 is 1.07 bits per heavy atom. The molecular formula is C23H26ClN3O2. The van der Waals surface area contributed by atoms with Gasteiger partial charge in [-0.1, -0.05) is 11.6 Å².